The molecule has 1 aromatic carbocycles. The molecule has 1 rings (SSSR count). The van der Waals surface area contributed by atoms with Crippen molar-refractivity contribution in [2.45, 2.75) is 13.3 Å². The van der Waals surface area contributed by atoms with E-state index in [1.54, 1.807) is 12.1 Å². The molecular weight excluding hydrogens is 305 g/mol. The number of nitrogens with two attached hydrogens (primary N) is 2. The van der Waals surface area contributed by atoms with Gasteiger partial charge in [-0.2, -0.15) is 4.99 Å². The van der Waals surface area contributed by atoms with Crippen LogP contribution in [0.3, 0.4) is 0 Å². The maximum absolute atomic E-state index is 11.6. The molecule has 0 saturated heterocycles. The van der Waals surface area contributed by atoms with Crippen molar-refractivity contribution in [2.24, 2.45) is 16.5 Å². The molecule has 0 saturated carbocycles. The van der Waals surface area contributed by atoms with Crippen molar-refractivity contribution >= 4 is 35.1 Å². The number of halogens is 2. The third-order valence-corrected chi connectivity index (χ3v) is 3.00. The molecule has 0 aromatic heterocycles. The average molecular weight is 320 g/mol. The molecule has 0 aliphatic carbocycles. The third kappa shape index (κ3) is 4.88. The Kier molecular flexibility index (Phi) is 6.57. The van der Waals surface area contributed by atoms with Gasteiger partial charge in [-0.15, -0.1) is 0 Å². The normalized spacial score (nSPS) is 10.2. The number of benzene rings is 1. The number of amides is 1. The minimum absolute atomic E-state index is 0.0547. The van der Waals surface area contributed by atoms with Crippen molar-refractivity contribution in [3.63, 3.8) is 0 Å². The molecule has 110 valence electrons. The van der Waals surface area contributed by atoms with Crippen LogP contribution in [0, 0.1) is 0 Å². The van der Waals surface area contributed by atoms with E-state index in [4.69, 9.17) is 44.1 Å². The smallest absolute Gasteiger partial charge is 0.253 e. The monoisotopic (exact) mass is 319 g/mol. The molecule has 0 aliphatic rings. The zero-order chi connectivity index (χ0) is 15.1. The van der Waals surface area contributed by atoms with Crippen LogP contribution in [0.4, 0.5) is 0 Å². The van der Waals surface area contributed by atoms with Gasteiger partial charge >= 0.3 is 0 Å². The van der Waals surface area contributed by atoms with Crippen LogP contribution in [0.2, 0.25) is 10.0 Å². The maximum Gasteiger partial charge on any atom is 0.253 e. The fourth-order valence-electron chi connectivity index (χ4n) is 1.37. The van der Waals surface area contributed by atoms with E-state index in [-0.39, 0.29) is 24.2 Å². The number of ether oxygens (including phenoxy) is 2. The molecule has 20 heavy (non-hydrogen) atoms. The van der Waals surface area contributed by atoms with Gasteiger partial charge in [-0.3, -0.25) is 4.79 Å². The lowest BCUT2D eigenvalue weighted by Gasteiger charge is -2.11. The van der Waals surface area contributed by atoms with Gasteiger partial charge in [-0.25, -0.2) is 0 Å². The summed E-state index contributed by atoms with van der Waals surface area (Å²) in [5.74, 6) is -0.487. The topological polar surface area (TPSA) is 99.9 Å². The molecule has 4 N–H and O–H groups in total. The van der Waals surface area contributed by atoms with Crippen LogP contribution in [0.1, 0.15) is 12.5 Å². The van der Waals surface area contributed by atoms with Gasteiger partial charge < -0.3 is 20.9 Å². The van der Waals surface area contributed by atoms with Gasteiger partial charge in [0.15, 0.2) is 12.8 Å². The van der Waals surface area contributed by atoms with Crippen LogP contribution < -0.4 is 16.2 Å². The van der Waals surface area contributed by atoms with Gasteiger partial charge in [0.05, 0.1) is 11.4 Å². The molecule has 0 spiro atoms. The molecule has 0 atom stereocenters. The third-order valence-electron chi connectivity index (χ3n) is 2.23. The summed E-state index contributed by atoms with van der Waals surface area (Å²) in [6.07, 6.45) is -0.124. The minimum atomic E-state index is -0.546. The lowest BCUT2D eigenvalue weighted by atomic mass is 10.1. The van der Waals surface area contributed by atoms with Crippen LogP contribution in [0.25, 0.3) is 0 Å². The summed E-state index contributed by atoms with van der Waals surface area (Å²) in [5.41, 5.74) is 10.7. The number of hydrogen-bond acceptors (Lipinski definition) is 3. The van der Waals surface area contributed by atoms with Crippen molar-refractivity contribution in [3.8, 4) is 5.75 Å². The van der Waals surface area contributed by atoms with Gasteiger partial charge in [0.1, 0.15) is 5.75 Å². The second kappa shape index (κ2) is 7.94. The highest BCUT2D eigenvalue weighted by molar-refractivity contribution is 6.37. The SMILES string of the molecule is CCOCOc1ccc(Cl)c(CC(=O)N=C(N)N)c1Cl. The van der Waals surface area contributed by atoms with Gasteiger partial charge in [0.2, 0.25) is 0 Å². The van der Waals surface area contributed by atoms with E-state index in [1.165, 1.54) is 0 Å². The van der Waals surface area contributed by atoms with Crippen molar-refractivity contribution in [1.82, 2.24) is 0 Å². The van der Waals surface area contributed by atoms with Gasteiger partial charge in [-0.1, -0.05) is 23.2 Å². The summed E-state index contributed by atoms with van der Waals surface area (Å²) >= 11 is 12.2. The fourth-order valence-corrected chi connectivity index (χ4v) is 1.93. The van der Waals surface area contributed by atoms with Crippen LogP contribution in [-0.4, -0.2) is 25.3 Å². The van der Waals surface area contributed by atoms with E-state index in [1.807, 2.05) is 6.92 Å². The number of carbonyl (C=O) groups excluding carboxylic acids is 1. The van der Waals surface area contributed by atoms with Gasteiger partial charge in [-0.05, 0) is 19.1 Å². The zero-order valence-corrected chi connectivity index (χ0v) is 12.4. The number of rotatable bonds is 6. The van der Waals surface area contributed by atoms with Crippen LogP contribution in [0.15, 0.2) is 17.1 Å². The van der Waals surface area contributed by atoms with Crippen molar-refractivity contribution in [1.29, 1.82) is 0 Å². The Balaban J connectivity index is 2.92. The van der Waals surface area contributed by atoms with Gasteiger partial charge in [0, 0.05) is 17.2 Å². The molecule has 0 fully saturated rings. The quantitative estimate of drug-likeness (QED) is 0.360. The van der Waals surface area contributed by atoms with Crippen LogP contribution in [-0.2, 0) is 16.0 Å². The highest BCUT2D eigenvalue weighted by atomic mass is 35.5. The summed E-state index contributed by atoms with van der Waals surface area (Å²) < 4.78 is 10.4. The predicted octanol–water partition coefficient (Wildman–Crippen LogP) is 1.71. The molecule has 0 aliphatic heterocycles. The Labute approximate surface area is 126 Å². The lowest BCUT2D eigenvalue weighted by Crippen LogP contribution is -2.24. The first-order valence-corrected chi connectivity index (χ1v) is 6.51. The lowest BCUT2D eigenvalue weighted by molar-refractivity contribution is -0.117. The minimum Gasteiger partial charge on any atom is -0.466 e. The second-order valence-electron chi connectivity index (χ2n) is 3.70. The fraction of sp³-hybridized carbons (Fsp3) is 0.333. The predicted molar refractivity (Wildman–Crippen MR) is 78.1 cm³/mol. The molecule has 0 bridgehead atoms. The Morgan fingerprint density at radius 3 is 2.65 bits per heavy atom. The summed E-state index contributed by atoms with van der Waals surface area (Å²) in [7, 11) is 0. The largest absolute Gasteiger partial charge is 0.466 e. The van der Waals surface area contributed by atoms with Crippen LogP contribution >= 0.6 is 23.2 Å². The first kappa shape index (κ1) is 16.6. The number of hydrogen-bond donors (Lipinski definition) is 2. The Morgan fingerprint density at radius 2 is 2.05 bits per heavy atom. The average Bonchev–Trinajstić information content (AvgIpc) is 2.36. The standard InChI is InChI=1S/C12H15Cl2N3O3/c1-2-19-6-20-9-4-3-8(13)7(11(9)14)5-10(18)17-12(15)16/h3-4H,2,5-6H2,1H3,(H4,15,16,17,18). The van der Waals surface area contributed by atoms with E-state index in [2.05, 4.69) is 4.99 Å². The zero-order valence-electron chi connectivity index (χ0n) is 10.9. The van der Waals surface area contributed by atoms with E-state index >= 15 is 0 Å². The molecule has 0 radical (unpaired) electrons. The summed E-state index contributed by atoms with van der Waals surface area (Å²) in [4.78, 5) is 15.0. The summed E-state index contributed by atoms with van der Waals surface area (Å²) in [5, 5.41) is 0.564. The number of aliphatic imine (C=N–C) groups is 1. The van der Waals surface area contributed by atoms with Crippen molar-refractivity contribution in [2.75, 3.05) is 13.4 Å². The van der Waals surface area contributed by atoms with E-state index < -0.39 is 5.91 Å². The highest BCUT2D eigenvalue weighted by Crippen LogP contribution is 2.34. The highest BCUT2D eigenvalue weighted by Gasteiger charge is 2.15. The summed E-state index contributed by atoms with van der Waals surface area (Å²) in [6, 6.07) is 3.17. The van der Waals surface area contributed by atoms with E-state index in [0.29, 0.717) is 22.9 Å². The molecule has 1 amide bonds. The second-order valence-corrected chi connectivity index (χ2v) is 4.49. The molecule has 1 aromatic rings. The first-order valence-electron chi connectivity index (χ1n) is 5.75. The maximum atomic E-state index is 11.6. The Hall–Kier alpha value is -1.50. The first-order chi connectivity index (χ1) is 9.45. The van der Waals surface area contributed by atoms with E-state index in [0.717, 1.165) is 0 Å². The molecule has 0 heterocycles. The Morgan fingerprint density at radius 1 is 1.35 bits per heavy atom. The number of carbonyl (C=O) groups is 1. The molecule has 6 nitrogen and oxygen atoms in total. The number of guanidine groups is 1. The van der Waals surface area contributed by atoms with E-state index in [9.17, 15) is 4.79 Å². The van der Waals surface area contributed by atoms with Crippen molar-refractivity contribution in [3.05, 3.63) is 27.7 Å². The van der Waals surface area contributed by atoms with Crippen LogP contribution in [0.5, 0.6) is 5.75 Å². The molecule has 8 heteroatoms. The Bertz CT molecular complexity index is 517. The van der Waals surface area contributed by atoms with Crippen molar-refractivity contribution < 1.29 is 14.3 Å². The molecular formula is C12H15Cl2N3O3. The summed E-state index contributed by atoms with van der Waals surface area (Å²) in [6.45, 7) is 2.41. The molecule has 0 unspecified atom stereocenters. The number of nitrogens with zero attached hydrogens (tertiary/aromatic N) is 1. The van der Waals surface area contributed by atoms with Gasteiger partial charge in [0.25, 0.3) is 5.91 Å².